The molecule has 2 atom stereocenters. The fourth-order valence-electron chi connectivity index (χ4n) is 4.87. The fraction of sp³-hybridized carbons (Fsp3) is 0.481. The molecule has 5 nitrogen and oxygen atoms in total. The van der Waals surface area contributed by atoms with Gasteiger partial charge in [-0.05, 0) is 92.3 Å². The Balaban J connectivity index is 0.000000220. The third kappa shape index (κ3) is 6.19. The van der Waals surface area contributed by atoms with Crippen molar-refractivity contribution in [3.8, 4) is 0 Å². The van der Waals surface area contributed by atoms with Crippen molar-refractivity contribution in [3.63, 3.8) is 0 Å². The Labute approximate surface area is 192 Å². The van der Waals surface area contributed by atoms with Crippen LogP contribution in [-0.2, 0) is 16.0 Å². The minimum atomic E-state index is 0.588. The normalized spacial score (nSPS) is 21.8. The Morgan fingerprint density at radius 1 is 1.22 bits per heavy atom. The number of anilines is 2. The molecule has 0 amide bonds. The van der Waals surface area contributed by atoms with Gasteiger partial charge < -0.3 is 20.2 Å². The van der Waals surface area contributed by atoms with Gasteiger partial charge in [0.05, 0.1) is 13.2 Å². The largest absolute Gasteiger partial charge is 0.384 e. The summed E-state index contributed by atoms with van der Waals surface area (Å²) < 4.78 is 5.43. The van der Waals surface area contributed by atoms with Crippen molar-refractivity contribution in [1.29, 1.82) is 0 Å². The number of aldehydes is 1. The van der Waals surface area contributed by atoms with Crippen LogP contribution in [0.15, 0.2) is 42.5 Å². The molecule has 1 aliphatic carbocycles. The molecule has 3 aliphatic rings. The summed E-state index contributed by atoms with van der Waals surface area (Å²) in [5, 5.41) is 0. The van der Waals surface area contributed by atoms with Gasteiger partial charge in [-0.2, -0.15) is 0 Å². The molecule has 1 aromatic heterocycles. The summed E-state index contributed by atoms with van der Waals surface area (Å²) in [6, 6.07) is 13.4. The molecule has 1 aromatic carbocycles. The highest BCUT2D eigenvalue weighted by atomic mass is 16.5. The molecule has 0 spiro atoms. The molecule has 2 N–H and O–H groups in total. The van der Waals surface area contributed by atoms with E-state index in [0.29, 0.717) is 5.82 Å². The lowest BCUT2D eigenvalue weighted by molar-refractivity contribution is -0.106. The maximum absolute atomic E-state index is 8.81. The van der Waals surface area contributed by atoms with Gasteiger partial charge in [0, 0.05) is 24.5 Å². The molecule has 5 heteroatoms. The maximum Gasteiger partial charge on any atom is 0.123 e. The number of carbonyl (C=O) groups excluding carboxylic acids is 1. The van der Waals surface area contributed by atoms with Gasteiger partial charge in [-0.3, -0.25) is 0 Å². The van der Waals surface area contributed by atoms with E-state index in [4.69, 9.17) is 15.3 Å². The lowest BCUT2D eigenvalue weighted by Crippen LogP contribution is -2.43. The summed E-state index contributed by atoms with van der Waals surface area (Å²) in [4.78, 5) is 15.3. The van der Waals surface area contributed by atoms with E-state index in [1.807, 2.05) is 19.1 Å². The van der Waals surface area contributed by atoms with E-state index >= 15 is 0 Å². The topological polar surface area (TPSA) is 68.5 Å². The van der Waals surface area contributed by atoms with Crippen molar-refractivity contribution in [2.75, 3.05) is 30.9 Å². The summed E-state index contributed by atoms with van der Waals surface area (Å²) in [5.41, 5.74) is 12.2. The monoisotopic (exact) mass is 435 g/mol. The number of nitrogen functional groups attached to an aromatic ring is 1. The lowest BCUT2D eigenvalue weighted by atomic mass is 9.83. The van der Waals surface area contributed by atoms with Crippen molar-refractivity contribution < 1.29 is 9.53 Å². The van der Waals surface area contributed by atoms with Gasteiger partial charge in [0.25, 0.3) is 0 Å². The van der Waals surface area contributed by atoms with Crippen LogP contribution >= 0.6 is 0 Å². The number of carbonyl (C=O) groups is 1. The van der Waals surface area contributed by atoms with Crippen LogP contribution in [0.4, 0.5) is 11.5 Å². The number of hydrogen-bond donors (Lipinski definition) is 1. The Morgan fingerprint density at radius 3 is 2.53 bits per heavy atom. The fourth-order valence-corrected chi connectivity index (χ4v) is 4.87. The van der Waals surface area contributed by atoms with E-state index in [0.717, 1.165) is 49.5 Å². The van der Waals surface area contributed by atoms with Crippen molar-refractivity contribution >= 4 is 23.4 Å². The second-order valence-electron chi connectivity index (χ2n) is 8.96. The molecule has 1 unspecified atom stereocenters. The number of nitrogens with two attached hydrogens (primary N) is 1. The van der Waals surface area contributed by atoms with Crippen molar-refractivity contribution in [3.05, 3.63) is 59.3 Å². The van der Waals surface area contributed by atoms with Crippen LogP contribution in [0.5, 0.6) is 0 Å². The van der Waals surface area contributed by atoms with Gasteiger partial charge in [0.15, 0.2) is 0 Å². The van der Waals surface area contributed by atoms with Crippen LogP contribution in [0.1, 0.15) is 49.9 Å². The van der Waals surface area contributed by atoms with Crippen LogP contribution in [0.3, 0.4) is 0 Å². The summed E-state index contributed by atoms with van der Waals surface area (Å²) in [7, 11) is 2.30. The molecule has 3 heterocycles. The van der Waals surface area contributed by atoms with Crippen LogP contribution in [0.25, 0.3) is 5.57 Å². The van der Waals surface area contributed by atoms with E-state index in [1.165, 1.54) is 48.6 Å². The van der Waals surface area contributed by atoms with Gasteiger partial charge in [-0.25, -0.2) is 4.98 Å². The Bertz CT molecular complexity index is 919. The highest BCUT2D eigenvalue weighted by molar-refractivity contribution is 5.70. The van der Waals surface area contributed by atoms with Gasteiger partial charge in [-0.1, -0.05) is 25.1 Å². The zero-order valence-electron chi connectivity index (χ0n) is 19.9. The molecular weight excluding hydrogens is 398 g/mol. The first-order valence-electron chi connectivity index (χ1n) is 11.7. The molecule has 32 heavy (non-hydrogen) atoms. The van der Waals surface area contributed by atoms with Crippen molar-refractivity contribution in [2.45, 2.75) is 52.5 Å². The van der Waals surface area contributed by atoms with E-state index < -0.39 is 0 Å². The first-order valence-corrected chi connectivity index (χ1v) is 11.7. The molecule has 172 valence electrons. The third-order valence-corrected chi connectivity index (χ3v) is 6.38. The number of aryl methyl sites for hydroxylation is 1. The highest BCUT2D eigenvalue weighted by Gasteiger charge is 2.40. The maximum atomic E-state index is 8.81. The van der Waals surface area contributed by atoms with Gasteiger partial charge in [0.1, 0.15) is 12.1 Å². The minimum Gasteiger partial charge on any atom is -0.384 e. The highest BCUT2D eigenvalue weighted by Crippen LogP contribution is 2.45. The average Bonchev–Trinajstić information content (AvgIpc) is 3.60. The van der Waals surface area contributed by atoms with Crippen LogP contribution in [0.2, 0.25) is 0 Å². The van der Waals surface area contributed by atoms with Gasteiger partial charge in [-0.15, -0.1) is 0 Å². The molecule has 1 fully saturated rings. The number of benzene rings is 1. The van der Waals surface area contributed by atoms with Crippen molar-refractivity contribution in [1.82, 2.24) is 4.98 Å². The molecule has 0 bridgehead atoms. The molecular formula is C27H37N3O2. The lowest BCUT2D eigenvalue weighted by Gasteiger charge is -2.41. The molecule has 2 aromatic rings. The minimum absolute atomic E-state index is 0.588. The summed E-state index contributed by atoms with van der Waals surface area (Å²) in [5.74, 6) is 2.30. The number of rotatable bonds is 2. The molecule has 0 saturated heterocycles. The quantitative estimate of drug-likeness (QED) is 0.667. The van der Waals surface area contributed by atoms with E-state index in [1.54, 1.807) is 6.07 Å². The zero-order chi connectivity index (χ0) is 23.1. The Morgan fingerprint density at radius 2 is 1.97 bits per heavy atom. The van der Waals surface area contributed by atoms with E-state index in [9.17, 15) is 0 Å². The molecule has 0 radical (unpaired) electrons. The van der Waals surface area contributed by atoms with E-state index in [-0.39, 0.29) is 0 Å². The summed E-state index contributed by atoms with van der Waals surface area (Å²) in [6.45, 7) is 7.43. The van der Waals surface area contributed by atoms with Crippen LogP contribution < -0.4 is 10.6 Å². The zero-order valence-corrected chi connectivity index (χ0v) is 19.9. The number of pyridine rings is 1. The number of aromatic nitrogens is 1. The molecule has 2 aliphatic heterocycles. The smallest absolute Gasteiger partial charge is 0.123 e. The first-order chi connectivity index (χ1) is 15.4. The number of nitrogens with zero attached hydrogens (tertiary/aromatic N) is 2. The first kappa shape index (κ1) is 24.0. The van der Waals surface area contributed by atoms with Crippen molar-refractivity contribution in [2.24, 2.45) is 11.8 Å². The number of ether oxygens (including phenoxy) is 1. The molecule has 1 saturated carbocycles. The Kier molecular flexibility index (Phi) is 8.46. The van der Waals surface area contributed by atoms with E-state index in [2.05, 4.69) is 48.1 Å². The standard InChI is InChI=1S/C19H25NO.C6H8N2.C2H4O/c1-13-11-17-12-16(14-7-9-21-10-8-14)5-6-18(17)20(2)19(13)15-3-4-15;1-5-3-2-4-6(7)8-5;1-2-3/h5-7,12-13,15,19H,3-4,8-11H2,1-2H3;2-4H,1H3,(H2,7,8);2H,1H3/t13?,19-;;/m1../s1. The Hall–Kier alpha value is -2.66. The number of fused-ring (bicyclic) bond motifs is 1. The second-order valence-corrected chi connectivity index (χ2v) is 8.96. The van der Waals surface area contributed by atoms with Crippen LogP contribution in [0, 0.1) is 18.8 Å². The average molecular weight is 436 g/mol. The summed E-state index contributed by atoms with van der Waals surface area (Å²) in [6.07, 6.45) is 8.14. The third-order valence-electron chi connectivity index (χ3n) is 6.38. The SMILES string of the molecule is CC1Cc2cc(C3=CCOCC3)ccc2N(C)[C@H]1C1CC1.CC=O.Cc1cccc(N)n1. The van der Waals surface area contributed by atoms with Crippen LogP contribution in [-0.4, -0.2) is 37.6 Å². The number of hydrogen-bond acceptors (Lipinski definition) is 5. The van der Waals surface area contributed by atoms with Gasteiger partial charge in [0.2, 0.25) is 0 Å². The predicted octanol–water partition coefficient (Wildman–Crippen LogP) is 5.07. The summed E-state index contributed by atoms with van der Waals surface area (Å²) >= 11 is 0. The van der Waals surface area contributed by atoms with Gasteiger partial charge >= 0.3 is 0 Å². The second kappa shape index (κ2) is 11.3. The predicted molar refractivity (Wildman–Crippen MR) is 133 cm³/mol. The molecule has 5 rings (SSSR count).